The number of hydrogen-bond donors (Lipinski definition) is 0. The van der Waals surface area contributed by atoms with Gasteiger partial charge in [0.2, 0.25) is 0 Å². The van der Waals surface area contributed by atoms with Gasteiger partial charge in [0.1, 0.15) is 0 Å². The quantitative estimate of drug-likeness (QED) is 0.521. The van der Waals surface area contributed by atoms with Crippen molar-refractivity contribution in [1.29, 1.82) is 0 Å². The largest absolute Gasteiger partial charge is 0.466 e. The van der Waals surface area contributed by atoms with Crippen LogP contribution in [0, 0.1) is 0 Å². The first-order chi connectivity index (χ1) is 6.59. The molecule has 0 radical (unpaired) electrons. The van der Waals surface area contributed by atoms with Crippen LogP contribution < -0.4 is 0 Å². The summed E-state index contributed by atoms with van der Waals surface area (Å²) in [5, 5.41) is 0. The molecule has 0 bridgehead atoms. The fraction of sp³-hybridized carbons (Fsp3) is 0.750. The van der Waals surface area contributed by atoms with Gasteiger partial charge >= 0.3 is 5.97 Å². The Morgan fingerprint density at radius 3 is 1.73 bits per heavy atom. The molecule has 0 aliphatic carbocycles. The lowest BCUT2D eigenvalue weighted by atomic mass is 9.97. The zero-order valence-electron chi connectivity index (χ0n) is 10.9. The van der Waals surface area contributed by atoms with E-state index in [1.807, 2.05) is 0 Å². The summed E-state index contributed by atoms with van der Waals surface area (Å²) < 4.78 is 4.57. The molecule has 0 N–H and O–H groups in total. The van der Waals surface area contributed by atoms with Crippen molar-refractivity contribution in [2.45, 2.75) is 52.6 Å². The average molecular weight is 213 g/mol. The van der Waals surface area contributed by atoms with Crippen LogP contribution in [-0.2, 0) is 9.53 Å². The van der Waals surface area contributed by atoms with Gasteiger partial charge in [-0.15, -0.1) is 0 Å². The van der Waals surface area contributed by atoms with Crippen molar-refractivity contribution in [2.75, 3.05) is 7.11 Å². The molecule has 0 saturated carbocycles. The molecule has 0 amide bonds. The number of carbonyl (C=O) groups is 1. The highest BCUT2D eigenvalue weighted by Gasteiger charge is 2.28. The molecule has 0 fully saturated rings. The SMILES string of the molecule is COC(=O)C=CN(C(C)(C)C)C(C)(C)C. The smallest absolute Gasteiger partial charge is 0.331 e. The molecule has 0 aromatic carbocycles. The molecule has 15 heavy (non-hydrogen) atoms. The summed E-state index contributed by atoms with van der Waals surface area (Å²) >= 11 is 0. The maximum atomic E-state index is 11.0. The number of esters is 1. The summed E-state index contributed by atoms with van der Waals surface area (Å²) in [5.74, 6) is -0.325. The molecule has 0 aliphatic heterocycles. The van der Waals surface area contributed by atoms with Crippen molar-refractivity contribution in [3.63, 3.8) is 0 Å². The lowest BCUT2D eigenvalue weighted by Gasteiger charge is -2.45. The molecule has 0 heterocycles. The molecule has 0 aliphatic rings. The van der Waals surface area contributed by atoms with Crippen LogP contribution in [0.4, 0.5) is 0 Å². The minimum absolute atomic E-state index is 0.0250. The number of ether oxygens (including phenoxy) is 1. The van der Waals surface area contributed by atoms with E-state index in [0.717, 1.165) is 0 Å². The Morgan fingerprint density at radius 1 is 1.07 bits per heavy atom. The number of methoxy groups -OCH3 is 1. The number of rotatable bonds is 2. The minimum atomic E-state index is -0.325. The van der Waals surface area contributed by atoms with E-state index in [4.69, 9.17) is 0 Å². The van der Waals surface area contributed by atoms with E-state index in [1.54, 1.807) is 6.20 Å². The molecule has 0 saturated heterocycles. The van der Waals surface area contributed by atoms with Crippen molar-refractivity contribution in [3.8, 4) is 0 Å². The third kappa shape index (κ3) is 4.86. The molecule has 0 atom stereocenters. The number of nitrogens with zero attached hydrogens (tertiary/aromatic N) is 1. The highest BCUT2D eigenvalue weighted by atomic mass is 16.5. The molecule has 3 heteroatoms. The van der Waals surface area contributed by atoms with E-state index in [-0.39, 0.29) is 17.0 Å². The van der Waals surface area contributed by atoms with Gasteiger partial charge < -0.3 is 9.64 Å². The topological polar surface area (TPSA) is 29.5 Å². The van der Waals surface area contributed by atoms with E-state index in [9.17, 15) is 4.79 Å². The van der Waals surface area contributed by atoms with E-state index < -0.39 is 0 Å². The standard InChI is InChI=1S/C12H23NO2/c1-11(2,3)13(12(4,5)6)9-8-10(14)15-7/h8-9H,1-7H3. The van der Waals surface area contributed by atoms with Crippen LogP contribution in [0.5, 0.6) is 0 Å². The van der Waals surface area contributed by atoms with Gasteiger partial charge in [-0.2, -0.15) is 0 Å². The highest BCUT2D eigenvalue weighted by Crippen LogP contribution is 2.24. The first kappa shape index (κ1) is 14.0. The summed E-state index contributed by atoms with van der Waals surface area (Å²) in [7, 11) is 1.38. The Morgan fingerprint density at radius 2 is 1.47 bits per heavy atom. The van der Waals surface area contributed by atoms with Gasteiger partial charge in [-0.05, 0) is 41.5 Å². The molecule has 0 rings (SSSR count). The average Bonchev–Trinajstić information content (AvgIpc) is 1.99. The highest BCUT2D eigenvalue weighted by molar-refractivity contribution is 5.81. The maximum absolute atomic E-state index is 11.0. The molecule has 0 unspecified atom stereocenters. The van der Waals surface area contributed by atoms with E-state index >= 15 is 0 Å². The van der Waals surface area contributed by atoms with Crippen LogP contribution in [-0.4, -0.2) is 29.1 Å². The molecular formula is C12H23NO2. The monoisotopic (exact) mass is 213 g/mol. The Balaban J connectivity index is 4.84. The first-order valence-electron chi connectivity index (χ1n) is 5.14. The Labute approximate surface area is 93.1 Å². The fourth-order valence-corrected chi connectivity index (χ4v) is 1.66. The fourth-order valence-electron chi connectivity index (χ4n) is 1.66. The van der Waals surface area contributed by atoms with Gasteiger partial charge in [-0.25, -0.2) is 4.79 Å². The van der Waals surface area contributed by atoms with Crippen molar-refractivity contribution in [3.05, 3.63) is 12.3 Å². The molecule has 88 valence electrons. The summed E-state index contributed by atoms with van der Waals surface area (Å²) in [6.45, 7) is 12.7. The van der Waals surface area contributed by atoms with Crippen molar-refractivity contribution in [2.24, 2.45) is 0 Å². The van der Waals surface area contributed by atoms with Gasteiger partial charge in [0, 0.05) is 23.4 Å². The summed E-state index contributed by atoms with van der Waals surface area (Å²) in [6, 6.07) is 0. The molecular weight excluding hydrogens is 190 g/mol. The van der Waals surface area contributed by atoms with E-state index in [1.165, 1.54) is 13.2 Å². The molecule has 0 spiro atoms. The van der Waals surface area contributed by atoms with E-state index in [2.05, 4.69) is 51.2 Å². The lowest BCUT2D eigenvalue weighted by molar-refractivity contribution is -0.134. The second-order valence-corrected chi connectivity index (χ2v) is 5.55. The van der Waals surface area contributed by atoms with Crippen molar-refractivity contribution in [1.82, 2.24) is 4.90 Å². The first-order valence-corrected chi connectivity index (χ1v) is 5.14. The molecule has 0 aromatic heterocycles. The Kier molecular flexibility index (Phi) is 4.38. The van der Waals surface area contributed by atoms with Crippen LogP contribution in [0.15, 0.2) is 12.3 Å². The number of carbonyl (C=O) groups excluding carboxylic acids is 1. The van der Waals surface area contributed by atoms with Crippen molar-refractivity contribution < 1.29 is 9.53 Å². The predicted molar refractivity (Wildman–Crippen MR) is 62.5 cm³/mol. The van der Waals surface area contributed by atoms with Gasteiger partial charge in [-0.3, -0.25) is 0 Å². The summed E-state index contributed by atoms with van der Waals surface area (Å²) in [4.78, 5) is 13.2. The van der Waals surface area contributed by atoms with Gasteiger partial charge in [0.15, 0.2) is 0 Å². The van der Waals surface area contributed by atoms with Gasteiger partial charge in [-0.1, -0.05) is 0 Å². The van der Waals surface area contributed by atoms with Crippen LogP contribution in [0.1, 0.15) is 41.5 Å². The minimum Gasteiger partial charge on any atom is -0.466 e. The molecule has 3 nitrogen and oxygen atoms in total. The van der Waals surface area contributed by atoms with Crippen LogP contribution in [0.2, 0.25) is 0 Å². The van der Waals surface area contributed by atoms with Crippen LogP contribution in [0.25, 0.3) is 0 Å². The predicted octanol–water partition coefficient (Wildman–Crippen LogP) is 2.57. The Hall–Kier alpha value is -0.990. The third-order valence-electron chi connectivity index (χ3n) is 2.01. The van der Waals surface area contributed by atoms with Crippen LogP contribution >= 0.6 is 0 Å². The second-order valence-electron chi connectivity index (χ2n) is 5.55. The van der Waals surface area contributed by atoms with Crippen LogP contribution in [0.3, 0.4) is 0 Å². The molecule has 0 aromatic rings. The normalized spacial score (nSPS) is 13.0. The zero-order valence-corrected chi connectivity index (χ0v) is 10.9. The number of hydrogen-bond acceptors (Lipinski definition) is 3. The summed E-state index contributed by atoms with van der Waals surface area (Å²) in [6.07, 6.45) is 3.25. The van der Waals surface area contributed by atoms with E-state index in [0.29, 0.717) is 0 Å². The summed E-state index contributed by atoms with van der Waals surface area (Å²) in [5.41, 5.74) is -0.0501. The van der Waals surface area contributed by atoms with Crippen molar-refractivity contribution >= 4 is 5.97 Å². The van der Waals surface area contributed by atoms with Gasteiger partial charge in [0.05, 0.1) is 7.11 Å². The third-order valence-corrected chi connectivity index (χ3v) is 2.01. The Bertz CT molecular complexity index is 229. The zero-order chi connectivity index (χ0) is 12.3. The second kappa shape index (κ2) is 4.69. The van der Waals surface area contributed by atoms with Gasteiger partial charge in [0.25, 0.3) is 0 Å². The maximum Gasteiger partial charge on any atom is 0.331 e. The lowest BCUT2D eigenvalue weighted by Crippen LogP contribution is -2.49.